The summed E-state index contributed by atoms with van der Waals surface area (Å²) in [7, 11) is 0. The lowest BCUT2D eigenvalue weighted by Gasteiger charge is -2.00. The monoisotopic (exact) mass is 261 g/mol. The van der Waals surface area contributed by atoms with Crippen LogP contribution in [-0.2, 0) is 6.42 Å². The third kappa shape index (κ3) is 2.37. The van der Waals surface area contributed by atoms with E-state index < -0.39 is 0 Å². The van der Waals surface area contributed by atoms with Gasteiger partial charge in [0, 0.05) is 21.9 Å². The fraction of sp³-hybridized carbons (Fsp3) is 0.0769. The minimum absolute atomic E-state index is 0. The van der Waals surface area contributed by atoms with Crippen LogP contribution in [0.4, 0.5) is 5.69 Å². The Morgan fingerprint density at radius 3 is 2.50 bits per heavy atom. The summed E-state index contributed by atoms with van der Waals surface area (Å²) in [5.74, 6) is 0. The molecule has 2 aromatic carbocycles. The average Bonchev–Trinajstić information content (AvgIpc) is 3.10. The van der Waals surface area contributed by atoms with Crippen molar-refractivity contribution >= 4 is 17.4 Å². The zero-order valence-corrected chi connectivity index (χ0v) is 10.2. The molecule has 2 N–H and O–H groups in total. The molecule has 0 bridgehead atoms. The molecule has 0 saturated heterocycles. The molecule has 4 nitrogen and oxygen atoms in total. The lowest BCUT2D eigenvalue weighted by molar-refractivity contribution is -0.384. The molecule has 5 heteroatoms. The Morgan fingerprint density at radius 2 is 1.83 bits per heavy atom. The number of hydrogen-bond donors (Lipinski definition) is 0. The van der Waals surface area contributed by atoms with Crippen LogP contribution in [0, 0.1) is 10.1 Å². The predicted molar refractivity (Wildman–Crippen MR) is 70.1 cm³/mol. The second-order valence-corrected chi connectivity index (χ2v) is 5.00. The highest BCUT2D eigenvalue weighted by atomic mass is 32.2. The Balaban J connectivity index is 0.00000120. The van der Waals surface area contributed by atoms with Crippen molar-refractivity contribution in [1.82, 2.24) is 0 Å². The second-order valence-electron chi connectivity index (χ2n) is 3.95. The molecule has 92 valence electrons. The first-order valence-electron chi connectivity index (χ1n) is 5.27. The molecule has 3 rings (SSSR count). The van der Waals surface area contributed by atoms with Crippen molar-refractivity contribution in [2.45, 2.75) is 16.2 Å². The van der Waals surface area contributed by atoms with Crippen LogP contribution in [0.25, 0.3) is 0 Å². The Hall–Kier alpha value is -1.85. The summed E-state index contributed by atoms with van der Waals surface area (Å²) < 4.78 is 0. The highest BCUT2D eigenvalue weighted by Crippen LogP contribution is 2.50. The van der Waals surface area contributed by atoms with E-state index in [4.69, 9.17) is 0 Å². The topological polar surface area (TPSA) is 74.6 Å². The molecule has 0 amide bonds. The van der Waals surface area contributed by atoms with E-state index in [1.54, 1.807) is 23.9 Å². The minimum Gasteiger partial charge on any atom is -0.412 e. The smallest absolute Gasteiger partial charge is 0.269 e. The summed E-state index contributed by atoms with van der Waals surface area (Å²) in [6.45, 7) is 0. The van der Waals surface area contributed by atoms with Crippen LogP contribution < -0.4 is 0 Å². The van der Waals surface area contributed by atoms with Crippen LogP contribution in [0.2, 0.25) is 0 Å². The highest BCUT2D eigenvalue weighted by molar-refractivity contribution is 8.05. The molecular formula is C13H11NO3S. The Kier molecular flexibility index (Phi) is 3.36. The summed E-state index contributed by atoms with van der Waals surface area (Å²) in [6.07, 6.45) is 0.841. The van der Waals surface area contributed by atoms with Gasteiger partial charge < -0.3 is 5.48 Å². The molecule has 0 atom stereocenters. The normalized spacial score (nSPS) is 11.3. The van der Waals surface area contributed by atoms with Gasteiger partial charge in [-0.2, -0.15) is 0 Å². The Labute approximate surface area is 108 Å². The molecule has 1 aliphatic heterocycles. The van der Waals surface area contributed by atoms with Gasteiger partial charge in [0.1, 0.15) is 0 Å². The maximum absolute atomic E-state index is 10.5. The SMILES string of the molecule is O.O=[N+]([O-])c1ccc(Cc2cccc3c2S3)cc1. The van der Waals surface area contributed by atoms with E-state index >= 15 is 0 Å². The van der Waals surface area contributed by atoms with Crippen LogP contribution in [0.3, 0.4) is 0 Å². The lowest BCUT2D eigenvalue weighted by Crippen LogP contribution is -1.90. The van der Waals surface area contributed by atoms with Crippen molar-refractivity contribution in [2.24, 2.45) is 0 Å². The van der Waals surface area contributed by atoms with Crippen molar-refractivity contribution in [1.29, 1.82) is 0 Å². The minimum atomic E-state index is -0.371. The number of benzene rings is 2. The molecular weight excluding hydrogens is 250 g/mol. The van der Waals surface area contributed by atoms with Crippen LogP contribution >= 0.6 is 11.8 Å². The number of rotatable bonds is 3. The van der Waals surface area contributed by atoms with E-state index in [0.29, 0.717) is 0 Å². The molecule has 0 fully saturated rings. The van der Waals surface area contributed by atoms with Crippen molar-refractivity contribution in [3.63, 3.8) is 0 Å². The molecule has 0 aromatic heterocycles. The molecule has 0 unspecified atom stereocenters. The number of hydrogen-bond acceptors (Lipinski definition) is 3. The van der Waals surface area contributed by atoms with Gasteiger partial charge >= 0.3 is 0 Å². The fourth-order valence-electron chi connectivity index (χ4n) is 1.84. The van der Waals surface area contributed by atoms with Crippen molar-refractivity contribution in [3.05, 3.63) is 63.7 Å². The van der Waals surface area contributed by atoms with Gasteiger partial charge in [0.2, 0.25) is 0 Å². The third-order valence-electron chi connectivity index (χ3n) is 2.77. The Bertz CT molecular complexity index is 596. The second kappa shape index (κ2) is 4.80. The van der Waals surface area contributed by atoms with Gasteiger partial charge in [-0.15, -0.1) is 0 Å². The van der Waals surface area contributed by atoms with E-state index in [1.807, 2.05) is 12.1 Å². The molecule has 1 aliphatic rings. The van der Waals surface area contributed by atoms with Crippen molar-refractivity contribution in [2.75, 3.05) is 0 Å². The summed E-state index contributed by atoms with van der Waals surface area (Å²) in [4.78, 5) is 12.9. The van der Waals surface area contributed by atoms with Gasteiger partial charge in [-0.05, 0) is 23.6 Å². The number of nitro benzene ring substituents is 1. The van der Waals surface area contributed by atoms with Gasteiger partial charge in [-0.25, -0.2) is 0 Å². The molecule has 0 spiro atoms. The Morgan fingerprint density at radius 1 is 1.11 bits per heavy atom. The van der Waals surface area contributed by atoms with Crippen LogP contribution in [0.15, 0.2) is 52.3 Å². The van der Waals surface area contributed by atoms with E-state index in [9.17, 15) is 10.1 Å². The van der Waals surface area contributed by atoms with Gasteiger partial charge in [-0.3, -0.25) is 10.1 Å². The molecule has 0 radical (unpaired) electrons. The summed E-state index contributed by atoms with van der Waals surface area (Å²) in [5, 5.41) is 10.5. The quantitative estimate of drug-likeness (QED) is 0.413. The zero-order valence-electron chi connectivity index (χ0n) is 9.42. The lowest BCUT2D eigenvalue weighted by atomic mass is 10.1. The summed E-state index contributed by atoms with van der Waals surface area (Å²) in [6, 6.07) is 13.0. The first-order valence-corrected chi connectivity index (χ1v) is 6.09. The molecule has 1 heterocycles. The fourth-order valence-corrected chi connectivity index (χ4v) is 2.63. The van der Waals surface area contributed by atoms with E-state index in [0.717, 1.165) is 12.0 Å². The number of nitrogens with zero attached hydrogens (tertiary/aromatic N) is 1. The standard InChI is InChI=1S/C13H9NO2S.H2O/c15-14(16)11-6-4-9(5-7-11)8-10-2-1-3-12-13(10)17-12;/h1-7H,8H2;1H2. The van der Waals surface area contributed by atoms with E-state index in [-0.39, 0.29) is 16.1 Å². The maximum Gasteiger partial charge on any atom is 0.269 e. The molecule has 18 heavy (non-hydrogen) atoms. The van der Waals surface area contributed by atoms with E-state index in [1.165, 1.54) is 15.4 Å². The number of non-ortho nitro benzene ring substituents is 1. The third-order valence-corrected chi connectivity index (χ3v) is 3.81. The van der Waals surface area contributed by atoms with Crippen molar-refractivity contribution < 1.29 is 10.4 Å². The number of fused-ring (bicyclic) bond motifs is 1. The van der Waals surface area contributed by atoms with Crippen LogP contribution in [0.5, 0.6) is 0 Å². The van der Waals surface area contributed by atoms with Crippen molar-refractivity contribution in [3.8, 4) is 0 Å². The van der Waals surface area contributed by atoms with E-state index in [2.05, 4.69) is 18.2 Å². The predicted octanol–water partition coefficient (Wildman–Crippen LogP) is 2.83. The van der Waals surface area contributed by atoms with Gasteiger partial charge in [0.15, 0.2) is 0 Å². The maximum atomic E-state index is 10.5. The van der Waals surface area contributed by atoms with Crippen LogP contribution in [0.1, 0.15) is 11.1 Å². The van der Waals surface area contributed by atoms with Gasteiger partial charge in [-0.1, -0.05) is 36.0 Å². The van der Waals surface area contributed by atoms with Gasteiger partial charge in [0.05, 0.1) is 4.92 Å². The zero-order chi connectivity index (χ0) is 11.8. The summed E-state index contributed by atoms with van der Waals surface area (Å²) >= 11 is 1.80. The number of nitro groups is 1. The largest absolute Gasteiger partial charge is 0.412 e. The highest BCUT2D eigenvalue weighted by Gasteiger charge is 2.21. The van der Waals surface area contributed by atoms with Crippen LogP contribution in [-0.4, -0.2) is 10.4 Å². The van der Waals surface area contributed by atoms with Gasteiger partial charge in [0.25, 0.3) is 5.69 Å². The molecule has 0 aliphatic carbocycles. The first kappa shape index (κ1) is 12.6. The first-order chi connectivity index (χ1) is 8.24. The molecule has 0 saturated carbocycles. The average molecular weight is 261 g/mol. The summed E-state index contributed by atoms with van der Waals surface area (Å²) in [5.41, 5.74) is 2.56. The molecule has 2 aromatic rings.